The van der Waals surface area contributed by atoms with Gasteiger partial charge in [-0.15, -0.1) is 0 Å². The highest BCUT2D eigenvalue weighted by Gasteiger charge is 2.27. The van der Waals surface area contributed by atoms with Gasteiger partial charge in [0.05, 0.1) is 10.5 Å². The molecule has 0 spiro atoms. The second kappa shape index (κ2) is 6.36. The monoisotopic (exact) mass is 372 g/mol. The van der Waals surface area contributed by atoms with Gasteiger partial charge in [-0.2, -0.15) is 11.8 Å². The molecule has 0 N–H and O–H groups in total. The molecule has 1 aliphatic rings. The lowest BCUT2D eigenvalue weighted by Gasteiger charge is -2.23. The van der Waals surface area contributed by atoms with Gasteiger partial charge in [0.1, 0.15) is 0 Å². The molecule has 21 heavy (non-hydrogen) atoms. The summed E-state index contributed by atoms with van der Waals surface area (Å²) in [6.07, 6.45) is 0.913. The average molecular weight is 373 g/mol. The molecule has 0 bridgehead atoms. The molecule has 0 unspecified atom stereocenters. The molecule has 7 heteroatoms. The van der Waals surface area contributed by atoms with Crippen molar-refractivity contribution in [1.29, 1.82) is 0 Å². The van der Waals surface area contributed by atoms with E-state index < -0.39 is 4.92 Å². The number of nitro groups is 1. The Labute approximate surface area is 136 Å². The van der Waals surface area contributed by atoms with Crippen LogP contribution in [0.5, 0.6) is 0 Å². The molecule has 2 rings (SSSR count). The zero-order valence-corrected chi connectivity index (χ0v) is 14.4. The van der Waals surface area contributed by atoms with Gasteiger partial charge in [0.15, 0.2) is 0 Å². The number of benzene rings is 1. The molecule has 0 radical (unpaired) electrons. The first-order valence-corrected chi connectivity index (χ1v) is 8.45. The zero-order valence-electron chi connectivity index (χ0n) is 12.0. The van der Waals surface area contributed by atoms with Crippen molar-refractivity contribution >= 4 is 39.3 Å². The quantitative estimate of drug-likeness (QED) is 0.586. The number of thioether (sulfide) groups is 1. The number of hydrogen-bond acceptors (Lipinski definition) is 4. The Kier molecular flexibility index (Phi) is 4.93. The van der Waals surface area contributed by atoms with E-state index in [0.29, 0.717) is 23.1 Å². The van der Waals surface area contributed by atoms with Crippen LogP contribution in [-0.4, -0.2) is 39.3 Å². The summed E-state index contributed by atoms with van der Waals surface area (Å²) in [6.45, 7) is 5.69. The molecule has 1 fully saturated rings. The second-order valence-electron chi connectivity index (χ2n) is 5.57. The average Bonchev–Trinajstić information content (AvgIpc) is 2.59. The number of hydrogen-bond donors (Lipinski definition) is 0. The maximum absolute atomic E-state index is 12.6. The molecule has 1 aromatic rings. The van der Waals surface area contributed by atoms with Crippen LogP contribution in [0, 0.1) is 10.1 Å². The van der Waals surface area contributed by atoms with Gasteiger partial charge in [0, 0.05) is 40.2 Å². The van der Waals surface area contributed by atoms with E-state index in [0.717, 1.165) is 12.2 Å². The number of nitro benzene ring substituents is 1. The zero-order chi connectivity index (χ0) is 15.6. The Morgan fingerprint density at radius 3 is 2.81 bits per heavy atom. The van der Waals surface area contributed by atoms with Gasteiger partial charge in [-0.25, -0.2) is 0 Å². The van der Waals surface area contributed by atoms with E-state index in [1.54, 1.807) is 11.0 Å². The first-order chi connectivity index (χ1) is 9.80. The van der Waals surface area contributed by atoms with Crippen molar-refractivity contribution in [2.24, 2.45) is 0 Å². The van der Waals surface area contributed by atoms with E-state index in [-0.39, 0.29) is 16.3 Å². The molecule has 5 nitrogen and oxygen atoms in total. The number of amides is 1. The van der Waals surface area contributed by atoms with Crippen LogP contribution in [0.25, 0.3) is 0 Å². The maximum atomic E-state index is 12.6. The Bertz CT molecular complexity index is 577. The molecule has 1 saturated heterocycles. The van der Waals surface area contributed by atoms with Gasteiger partial charge in [0.2, 0.25) is 0 Å². The molecule has 0 aliphatic carbocycles. The Morgan fingerprint density at radius 1 is 1.43 bits per heavy atom. The largest absolute Gasteiger partial charge is 0.338 e. The minimum atomic E-state index is -0.482. The van der Waals surface area contributed by atoms with Gasteiger partial charge in [-0.1, -0.05) is 13.8 Å². The van der Waals surface area contributed by atoms with Crippen LogP contribution in [0.4, 0.5) is 5.69 Å². The van der Waals surface area contributed by atoms with Crippen LogP contribution in [0.2, 0.25) is 0 Å². The van der Waals surface area contributed by atoms with Gasteiger partial charge in [0.25, 0.3) is 11.6 Å². The van der Waals surface area contributed by atoms with Crippen LogP contribution in [0.3, 0.4) is 0 Å². The number of carbonyl (C=O) groups is 1. The smallest absolute Gasteiger partial charge is 0.270 e. The van der Waals surface area contributed by atoms with E-state index in [9.17, 15) is 14.9 Å². The molecule has 1 amide bonds. The third-order valence-electron chi connectivity index (χ3n) is 3.52. The van der Waals surface area contributed by atoms with Crippen LogP contribution in [0.15, 0.2) is 22.7 Å². The van der Waals surface area contributed by atoms with E-state index in [2.05, 4.69) is 29.8 Å². The van der Waals surface area contributed by atoms with Gasteiger partial charge >= 0.3 is 0 Å². The topological polar surface area (TPSA) is 63.5 Å². The van der Waals surface area contributed by atoms with Crippen LogP contribution < -0.4 is 0 Å². The van der Waals surface area contributed by atoms with Crippen molar-refractivity contribution in [2.75, 3.05) is 18.8 Å². The third-order valence-corrected chi connectivity index (χ3v) is 5.58. The number of non-ortho nitro benzene ring substituents is 1. The van der Waals surface area contributed by atoms with Gasteiger partial charge in [-0.3, -0.25) is 14.9 Å². The molecular formula is C14H17BrN2O3S. The molecule has 1 aromatic carbocycles. The first kappa shape index (κ1) is 16.3. The van der Waals surface area contributed by atoms with E-state index >= 15 is 0 Å². The van der Waals surface area contributed by atoms with E-state index in [1.807, 2.05) is 11.8 Å². The maximum Gasteiger partial charge on any atom is 0.270 e. The summed E-state index contributed by atoms with van der Waals surface area (Å²) in [5, 5.41) is 10.9. The van der Waals surface area contributed by atoms with Crippen LogP contribution in [0.1, 0.15) is 30.6 Å². The fourth-order valence-corrected chi connectivity index (χ4v) is 3.70. The molecule has 0 saturated carbocycles. The summed E-state index contributed by atoms with van der Waals surface area (Å²) in [5.74, 6) is 0.731. The second-order valence-corrected chi connectivity index (χ2v) is 8.23. The Hall–Kier alpha value is -1.08. The van der Waals surface area contributed by atoms with Gasteiger partial charge < -0.3 is 4.90 Å². The molecular weight excluding hydrogens is 356 g/mol. The highest BCUT2D eigenvalue weighted by molar-refractivity contribution is 9.10. The lowest BCUT2D eigenvalue weighted by Crippen LogP contribution is -2.33. The predicted octanol–water partition coefficient (Wildman–Crippen LogP) is 3.72. The fourth-order valence-electron chi connectivity index (χ4n) is 2.18. The predicted molar refractivity (Wildman–Crippen MR) is 87.9 cm³/mol. The van der Waals surface area contributed by atoms with Gasteiger partial charge in [-0.05, 0) is 28.4 Å². The fraction of sp³-hybridized carbons (Fsp3) is 0.500. The summed E-state index contributed by atoms with van der Waals surface area (Å²) >= 11 is 5.17. The van der Waals surface area contributed by atoms with Crippen molar-refractivity contribution < 1.29 is 9.72 Å². The van der Waals surface area contributed by atoms with Crippen molar-refractivity contribution in [3.8, 4) is 0 Å². The van der Waals surface area contributed by atoms with Crippen LogP contribution >= 0.6 is 27.7 Å². The van der Waals surface area contributed by atoms with Crippen molar-refractivity contribution in [2.45, 2.75) is 25.0 Å². The standard InChI is InChI=1S/C14H17BrN2O3S/c1-14(2)5-6-16(7-8-21-14)13(18)11-9-10(17(19)20)3-4-12(11)15/h3-4,9H,5-8H2,1-2H3. The molecule has 0 atom stereocenters. The SMILES string of the molecule is CC1(C)CCN(C(=O)c2cc([N+](=O)[O-])ccc2Br)CCS1. The molecule has 114 valence electrons. The number of halogens is 1. The van der Waals surface area contributed by atoms with E-state index in [1.165, 1.54) is 12.1 Å². The Balaban J connectivity index is 2.23. The third kappa shape index (κ3) is 3.97. The van der Waals surface area contributed by atoms with Crippen molar-refractivity contribution in [3.05, 3.63) is 38.3 Å². The first-order valence-electron chi connectivity index (χ1n) is 6.67. The summed E-state index contributed by atoms with van der Waals surface area (Å²) in [5.41, 5.74) is 0.292. The summed E-state index contributed by atoms with van der Waals surface area (Å²) in [6, 6.07) is 4.29. The minimum Gasteiger partial charge on any atom is -0.338 e. The summed E-state index contributed by atoms with van der Waals surface area (Å²) in [7, 11) is 0. The summed E-state index contributed by atoms with van der Waals surface area (Å²) < 4.78 is 0.754. The highest BCUT2D eigenvalue weighted by atomic mass is 79.9. The highest BCUT2D eigenvalue weighted by Crippen LogP contribution is 2.32. The molecule has 0 aromatic heterocycles. The lowest BCUT2D eigenvalue weighted by molar-refractivity contribution is -0.384. The Morgan fingerprint density at radius 2 is 2.14 bits per heavy atom. The molecule has 1 heterocycles. The summed E-state index contributed by atoms with van der Waals surface area (Å²) in [4.78, 5) is 24.8. The van der Waals surface area contributed by atoms with Crippen molar-refractivity contribution in [3.63, 3.8) is 0 Å². The van der Waals surface area contributed by atoms with Crippen molar-refractivity contribution in [1.82, 2.24) is 4.90 Å². The van der Waals surface area contributed by atoms with Crippen LogP contribution in [-0.2, 0) is 0 Å². The minimum absolute atomic E-state index is 0.0638. The normalized spacial score (nSPS) is 18.1. The molecule has 1 aliphatic heterocycles. The lowest BCUT2D eigenvalue weighted by atomic mass is 10.1. The number of carbonyl (C=O) groups excluding carboxylic acids is 1. The number of nitrogens with zero attached hydrogens (tertiary/aromatic N) is 2. The van der Waals surface area contributed by atoms with E-state index in [4.69, 9.17) is 0 Å². The number of rotatable bonds is 2.